The summed E-state index contributed by atoms with van der Waals surface area (Å²) in [6.07, 6.45) is 5.01. The molecule has 2 rings (SSSR count). The van der Waals surface area contributed by atoms with Gasteiger partial charge in [0.15, 0.2) is 0 Å². The third kappa shape index (κ3) is 3.32. The van der Waals surface area contributed by atoms with E-state index in [4.69, 9.17) is 10.3 Å². The van der Waals surface area contributed by atoms with Crippen LogP contribution in [-0.4, -0.2) is 11.0 Å². The van der Waals surface area contributed by atoms with Crippen molar-refractivity contribution in [2.75, 3.05) is 5.73 Å². The van der Waals surface area contributed by atoms with E-state index in [9.17, 15) is 9.46 Å². The van der Waals surface area contributed by atoms with Crippen LogP contribution in [0.4, 0.5) is 5.69 Å². The fourth-order valence-corrected chi connectivity index (χ4v) is 3.36. The summed E-state index contributed by atoms with van der Waals surface area (Å²) in [6, 6.07) is 6.34. The highest BCUT2D eigenvalue weighted by Crippen LogP contribution is 2.44. The monoisotopic (exact) mass is 255 g/mol. The smallest absolute Gasteiger partial charge is 0.359 e. The van der Waals surface area contributed by atoms with E-state index in [1.54, 1.807) is 24.3 Å². The molecule has 0 saturated heterocycles. The van der Waals surface area contributed by atoms with Crippen LogP contribution in [0.5, 0.6) is 0 Å². The largest absolute Gasteiger partial charge is 0.399 e. The van der Waals surface area contributed by atoms with Gasteiger partial charge in [-0.25, -0.2) is 0 Å². The van der Waals surface area contributed by atoms with Gasteiger partial charge in [-0.1, -0.05) is 19.3 Å². The van der Waals surface area contributed by atoms with Crippen LogP contribution in [0.2, 0.25) is 0 Å². The molecule has 1 saturated carbocycles. The quantitative estimate of drug-likeness (QED) is 0.642. The Labute approximate surface area is 101 Å². The van der Waals surface area contributed by atoms with Crippen molar-refractivity contribution in [2.24, 2.45) is 0 Å². The van der Waals surface area contributed by atoms with Crippen LogP contribution in [0.3, 0.4) is 0 Å². The lowest BCUT2D eigenvalue weighted by atomic mass is 9.98. The Hall–Kier alpha value is -0.830. The average Bonchev–Trinajstić information content (AvgIpc) is 2.30. The second-order valence-corrected chi connectivity index (χ2v) is 6.25. The van der Waals surface area contributed by atoms with Crippen LogP contribution in [0.15, 0.2) is 24.3 Å². The Morgan fingerprint density at radius 3 is 2.35 bits per heavy atom. The minimum atomic E-state index is -3.69. The van der Waals surface area contributed by atoms with Gasteiger partial charge < -0.3 is 15.2 Å². The minimum Gasteiger partial charge on any atom is -0.399 e. The lowest BCUT2D eigenvalue weighted by Gasteiger charge is -2.24. The number of nitrogen functional groups attached to an aromatic ring is 1. The highest BCUT2D eigenvalue weighted by molar-refractivity contribution is 7.61. The van der Waals surface area contributed by atoms with Crippen LogP contribution in [0.25, 0.3) is 0 Å². The van der Waals surface area contributed by atoms with E-state index in [2.05, 4.69) is 0 Å². The number of nitrogens with two attached hydrogens (primary N) is 1. The molecule has 0 spiro atoms. The van der Waals surface area contributed by atoms with Crippen molar-refractivity contribution in [1.82, 2.24) is 0 Å². The summed E-state index contributed by atoms with van der Waals surface area (Å²) in [4.78, 5) is 9.92. The fourth-order valence-electron chi connectivity index (χ4n) is 2.10. The number of hydrogen-bond acceptors (Lipinski definition) is 3. The van der Waals surface area contributed by atoms with Gasteiger partial charge in [-0.15, -0.1) is 0 Å². The maximum Gasteiger partial charge on any atom is 0.359 e. The molecular weight excluding hydrogens is 237 g/mol. The molecule has 0 amide bonds. The second-order valence-electron chi connectivity index (χ2n) is 4.48. The molecule has 0 aliphatic heterocycles. The van der Waals surface area contributed by atoms with Crippen LogP contribution in [-0.2, 0) is 9.09 Å². The van der Waals surface area contributed by atoms with E-state index in [1.165, 1.54) is 6.42 Å². The first kappa shape index (κ1) is 12.6. The molecule has 0 radical (unpaired) electrons. The Morgan fingerprint density at radius 2 is 1.76 bits per heavy atom. The first-order chi connectivity index (χ1) is 8.08. The van der Waals surface area contributed by atoms with E-state index in [-0.39, 0.29) is 6.10 Å². The molecule has 1 aliphatic carbocycles. The van der Waals surface area contributed by atoms with Crippen molar-refractivity contribution in [3.05, 3.63) is 24.3 Å². The molecule has 0 aromatic heterocycles. The van der Waals surface area contributed by atoms with E-state index in [0.29, 0.717) is 11.0 Å². The summed E-state index contributed by atoms with van der Waals surface area (Å²) in [5, 5.41) is 0.317. The van der Waals surface area contributed by atoms with Gasteiger partial charge in [0.1, 0.15) is 0 Å². The lowest BCUT2D eigenvalue weighted by molar-refractivity contribution is 0.140. The van der Waals surface area contributed by atoms with Crippen molar-refractivity contribution < 1.29 is 14.0 Å². The van der Waals surface area contributed by atoms with Crippen LogP contribution in [0.1, 0.15) is 32.1 Å². The maximum atomic E-state index is 12.1. The van der Waals surface area contributed by atoms with Crippen molar-refractivity contribution in [3.8, 4) is 0 Å². The van der Waals surface area contributed by atoms with Crippen molar-refractivity contribution in [2.45, 2.75) is 38.2 Å². The minimum absolute atomic E-state index is 0.0860. The Bertz CT molecular complexity index is 412. The average molecular weight is 255 g/mol. The molecule has 3 N–H and O–H groups in total. The summed E-state index contributed by atoms with van der Waals surface area (Å²) >= 11 is 0. The van der Waals surface area contributed by atoms with Crippen LogP contribution < -0.4 is 11.0 Å². The van der Waals surface area contributed by atoms with E-state index in [0.717, 1.165) is 25.7 Å². The first-order valence-electron chi connectivity index (χ1n) is 5.95. The van der Waals surface area contributed by atoms with Gasteiger partial charge in [-0.3, -0.25) is 4.57 Å². The molecule has 1 aliphatic rings. The van der Waals surface area contributed by atoms with Gasteiger partial charge in [0.05, 0.1) is 11.4 Å². The molecule has 5 heteroatoms. The summed E-state index contributed by atoms with van der Waals surface area (Å²) < 4.78 is 17.5. The van der Waals surface area contributed by atoms with Gasteiger partial charge >= 0.3 is 7.60 Å². The maximum absolute atomic E-state index is 12.1. The second kappa shape index (κ2) is 5.21. The Morgan fingerprint density at radius 1 is 1.18 bits per heavy atom. The van der Waals surface area contributed by atoms with E-state index < -0.39 is 7.60 Å². The zero-order chi connectivity index (χ0) is 12.3. The zero-order valence-electron chi connectivity index (χ0n) is 9.71. The van der Waals surface area contributed by atoms with Crippen molar-refractivity contribution in [1.29, 1.82) is 0 Å². The van der Waals surface area contributed by atoms with Gasteiger partial charge in [-0.2, -0.15) is 0 Å². The number of hydrogen-bond donors (Lipinski definition) is 2. The van der Waals surface area contributed by atoms with Gasteiger partial charge in [0.2, 0.25) is 0 Å². The molecule has 0 bridgehead atoms. The van der Waals surface area contributed by atoms with E-state index in [1.807, 2.05) is 0 Å². The van der Waals surface area contributed by atoms with Gasteiger partial charge in [-0.05, 0) is 37.1 Å². The Balaban J connectivity index is 2.07. The van der Waals surface area contributed by atoms with Crippen LogP contribution >= 0.6 is 7.60 Å². The third-order valence-corrected chi connectivity index (χ3v) is 4.60. The molecule has 94 valence electrons. The normalized spacial score (nSPS) is 21.0. The first-order valence-corrected chi connectivity index (χ1v) is 7.53. The molecule has 17 heavy (non-hydrogen) atoms. The zero-order valence-corrected chi connectivity index (χ0v) is 10.6. The molecular formula is C12H18NO3P. The van der Waals surface area contributed by atoms with E-state index >= 15 is 0 Å². The highest BCUT2D eigenvalue weighted by Gasteiger charge is 2.28. The molecule has 0 heterocycles. The van der Waals surface area contributed by atoms with Crippen molar-refractivity contribution in [3.63, 3.8) is 0 Å². The number of anilines is 1. The summed E-state index contributed by atoms with van der Waals surface area (Å²) in [5.74, 6) is 0. The standard InChI is InChI=1S/C12H18NO3P/c13-10-6-8-12(9-7-10)17(14,15)16-11-4-2-1-3-5-11/h6-9,11H,1-5,13H2,(H,14,15). The van der Waals surface area contributed by atoms with Crippen molar-refractivity contribution >= 4 is 18.6 Å². The predicted octanol–water partition coefficient (Wildman–Crippen LogP) is 2.43. The Kier molecular flexibility index (Phi) is 3.87. The lowest BCUT2D eigenvalue weighted by Crippen LogP contribution is -2.18. The summed E-state index contributed by atoms with van der Waals surface area (Å²) in [7, 11) is -3.69. The molecule has 1 atom stereocenters. The number of benzene rings is 1. The molecule has 1 fully saturated rings. The topological polar surface area (TPSA) is 72.6 Å². The third-order valence-electron chi connectivity index (χ3n) is 3.06. The molecule has 1 aromatic rings. The van der Waals surface area contributed by atoms with Crippen LogP contribution in [0, 0.1) is 0 Å². The van der Waals surface area contributed by atoms with Gasteiger partial charge in [0, 0.05) is 5.69 Å². The number of rotatable bonds is 3. The van der Waals surface area contributed by atoms with Gasteiger partial charge in [0.25, 0.3) is 0 Å². The fraction of sp³-hybridized carbons (Fsp3) is 0.500. The molecule has 4 nitrogen and oxygen atoms in total. The molecule has 1 unspecified atom stereocenters. The predicted molar refractivity (Wildman–Crippen MR) is 68.3 cm³/mol. The highest BCUT2D eigenvalue weighted by atomic mass is 31.2. The summed E-state index contributed by atoms with van der Waals surface area (Å²) in [6.45, 7) is 0. The SMILES string of the molecule is Nc1ccc(P(=O)(O)OC2CCCCC2)cc1. The molecule has 1 aromatic carbocycles. The summed E-state index contributed by atoms with van der Waals surface area (Å²) in [5.41, 5.74) is 6.12.